The van der Waals surface area contributed by atoms with Gasteiger partial charge in [0.1, 0.15) is 4.90 Å². The number of hydrogen-bond donors (Lipinski definition) is 2. The molecule has 0 atom stereocenters. The van der Waals surface area contributed by atoms with Gasteiger partial charge in [-0.3, -0.25) is 9.52 Å². The summed E-state index contributed by atoms with van der Waals surface area (Å²) in [6, 6.07) is 5.48. The minimum absolute atomic E-state index is 0.0361. The fourth-order valence-electron chi connectivity index (χ4n) is 1.45. The maximum Gasteiger partial charge on any atom is 0.263 e. The third kappa shape index (κ3) is 3.35. The second-order valence-corrected chi connectivity index (χ2v) is 5.49. The molecule has 2 heterocycles. The fourth-order valence-corrected chi connectivity index (χ4v) is 2.46. The van der Waals surface area contributed by atoms with E-state index in [4.69, 9.17) is 4.74 Å². The van der Waals surface area contributed by atoms with Crippen LogP contribution in [0.25, 0.3) is 0 Å². The van der Waals surface area contributed by atoms with Crippen LogP contribution in [0, 0.1) is 0 Å². The highest BCUT2D eigenvalue weighted by Crippen LogP contribution is 2.16. The van der Waals surface area contributed by atoms with E-state index in [0.29, 0.717) is 18.2 Å². The van der Waals surface area contributed by atoms with Crippen molar-refractivity contribution in [1.82, 2.24) is 9.97 Å². The summed E-state index contributed by atoms with van der Waals surface area (Å²) in [6.45, 7) is 2.31. The number of anilines is 1. The van der Waals surface area contributed by atoms with E-state index in [2.05, 4.69) is 14.7 Å². The minimum atomic E-state index is -3.76. The Hall–Kier alpha value is -2.35. The summed E-state index contributed by atoms with van der Waals surface area (Å²) in [5.41, 5.74) is -0.0636. The molecule has 2 aromatic rings. The van der Waals surface area contributed by atoms with Gasteiger partial charge < -0.3 is 9.72 Å². The first-order chi connectivity index (χ1) is 9.51. The Labute approximate surface area is 115 Å². The van der Waals surface area contributed by atoms with Gasteiger partial charge in [-0.05, 0) is 19.1 Å². The van der Waals surface area contributed by atoms with E-state index in [-0.39, 0.29) is 10.5 Å². The first-order valence-corrected chi connectivity index (χ1v) is 7.30. The number of nitrogens with one attached hydrogen (secondary N) is 2. The van der Waals surface area contributed by atoms with Gasteiger partial charge in [0, 0.05) is 18.3 Å². The molecule has 2 aromatic heterocycles. The Kier molecular flexibility index (Phi) is 4.04. The van der Waals surface area contributed by atoms with E-state index < -0.39 is 10.0 Å². The number of hydrogen-bond acceptors (Lipinski definition) is 5. The molecule has 0 saturated carbocycles. The lowest BCUT2D eigenvalue weighted by Gasteiger charge is -2.08. The van der Waals surface area contributed by atoms with Crippen molar-refractivity contribution in [3.8, 4) is 5.88 Å². The molecule has 2 rings (SSSR count). The fraction of sp³-hybridized carbons (Fsp3) is 0.167. The number of aromatic amines is 1. The molecule has 2 N–H and O–H groups in total. The maximum absolute atomic E-state index is 12.0. The number of pyridine rings is 2. The van der Waals surface area contributed by atoms with Crippen LogP contribution in [0.1, 0.15) is 6.92 Å². The summed E-state index contributed by atoms with van der Waals surface area (Å²) in [6.07, 6.45) is 2.49. The Balaban J connectivity index is 2.19. The van der Waals surface area contributed by atoms with Crippen molar-refractivity contribution >= 4 is 15.7 Å². The van der Waals surface area contributed by atoms with Crippen molar-refractivity contribution in [3.05, 3.63) is 47.0 Å². The van der Waals surface area contributed by atoms with Crippen molar-refractivity contribution in [2.75, 3.05) is 11.3 Å². The summed E-state index contributed by atoms with van der Waals surface area (Å²) in [5, 5.41) is 0. The Morgan fingerprint density at radius 1 is 1.30 bits per heavy atom. The molecule has 0 aliphatic heterocycles. The lowest BCUT2D eigenvalue weighted by Crippen LogP contribution is -2.15. The zero-order chi connectivity index (χ0) is 14.6. The smallest absolute Gasteiger partial charge is 0.263 e. The molecule has 0 amide bonds. The van der Waals surface area contributed by atoms with E-state index in [1.54, 1.807) is 12.1 Å². The Bertz CT molecular complexity index is 718. The van der Waals surface area contributed by atoms with Gasteiger partial charge in [-0.1, -0.05) is 0 Å². The normalized spacial score (nSPS) is 11.1. The Morgan fingerprint density at radius 2 is 2.10 bits per heavy atom. The highest BCUT2D eigenvalue weighted by molar-refractivity contribution is 7.92. The third-order valence-electron chi connectivity index (χ3n) is 2.35. The number of H-pyrrole nitrogens is 1. The lowest BCUT2D eigenvalue weighted by atomic mass is 10.4. The molecule has 0 bridgehead atoms. The van der Waals surface area contributed by atoms with E-state index in [0.717, 1.165) is 12.3 Å². The molecule has 0 unspecified atom stereocenters. The molecule has 0 spiro atoms. The second kappa shape index (κ2) is 5.74. The molecule has 0 aliphatic rings. The van der Waals surface area contributed by atoms with Gasteiger partial charge in [0.25, 0.3) is 10.0 Å². The molecule has 20 heavy (non-hydrogen) atoms. The standard InChI is InChI=1S/C12H13N3O4S/c1-2-19-12-6-3-9(7-14-12)15-20(17,18)10-4-5-11(16)13-8-10/h3-8,15H,2H2,1H3,(H,13,16). The molecule has 7 nitrogen and oxygen atoms in total. The third-order valence-corrected chi connectivity index (χ3v) is 3.73. The lowest BCUT2D eigenvalue weighted by molar-refractivity contribution is 0.327. The summed E-state index contributed by atoms with van der Waals surface area (Å²) < 4.78 is 31.6. The summed E-state index contributed by atoms with van der Waals surface area (Å²) in [4.78, 5) is 17.1. The molecule has 0 fully saturated rings. The van der Waals surface area contributed by atoms with Crippen molar-refractivity contribution < 1.29 is 13.2 Å². The van der Waals surface area contributed by atoms with Crippen LogP contribution in [0.4, 0.5) is 5.69 Å². The summed E-state index contributed by atoms with van der Waals surface area (Å²) in [5.74, 6) is 0.416. The van der Waals surface area contributed by atoms with Gasteiger partial charge in [0.2, 0.25) is 11.4 Å². The van der Waals surface area contributed by atoms with Crippen LogP contribution in [-0.2, 0) is 10.0 Å². The van der Waals surface area contributed by atoms with E-state index in [1.807, 2.05) is 6.92 Å². The first kappa shape index (κ1) is 14.1. The van der Waals surface area contributed by atoms with Crippen LogP contribution in [0.2, 0.25) is 0 Å². The van der Waals surface area contributed by atoms with Crippen LogP contribution in [0.3, 0.4) is 0 Å². The van der Waals surface area contributed by atoms with Crippen LogP contribution >= 0.6 is 0 Å². The summed E-state index contributed by atoms with van der Waals surface area (Å²) >= 11 is 0. The average molecular weight is 295 g/mol. The number of sulfonamides is 1. The van der Waals surface area contributed by atoms with Gasteiger partial charge in [-0.25, -0.2) is 13.4 Å². The summed E-state index contributed by atoms with van der Waals surface area (Å²) in [7, 11) is -3.76. The maximum atomic E-state index is 12.0. The number of aromatic nitrogens is 2. The number of nitrogens with zero attached hydrogens (tertiary/aromatic N) is 1. The van der Waals surface area contributed by atoms with Gasteiger partial charge >= 0.3 is 0 Å². The minimum Gasteiger partial charge on any atom is -0.478 e. The zero-order valence-electron chi connectivity index (χ0n) is 10.7. The first-order valence-electron chi connectivity index (χ1n) is 5.81. The monoisotopic (exact) mass is 295 g/mol. The van der Waals surface area contributed by atoms with Crippen LogP contribution in [-0.4, -0.2) is 25.0 Å². The predicted molar refractivity (Wildman–Crippen MR) is 73.3 cm³/mol. The number of ether oxygens (including phenoxy) is 1. The Morgan fingerprint density at radius 3 is 2.65 bits per heavy atom. The van der Waals surface area contributed by atoms with Gasteiger partial charge in [0.05, 0.1) is 18.5 Å². The second-order valence-electron chi connectivity index (χ2n) is 3.81. The highest BCUT2D eigenvalue weighted by Gasteiger charge is 2.14. The highest BCUT2D eigenvalue weighted by atomic mass is 32.2. The van der Waals surface area contributed by atoms with Crippen molar-refractivity contribution in [1.29, 1.82) is 0 Å². The predicted octanol–water partition coefficient (Wildman–Crippen LogP) is 0.969. The molecule has 0 saturated heterocycles. The molecule has 8 heteroatoms. The van der Waals surface area contributed by atoms with E-state index in [1.165, 1.54) is 12.3 Å². The molecule has 0 aromatic carbocycles. The van der Waals surface area contributed by atoms with Crippen molar-refractivity contribution in [2.45, 2.75) is 11.8 Å². The van der Waals surface area contributed by atoms with Gasteiger partial charge in [-0.15, -0.1) is 0 Å². The average Bonchev–Trinajstić information content (AvgIpc) is 2.41. The van der Waals surface area contributed by atoms with Crippen LogP contribution in [0.5, 0.6) is 5.88 Å². The van der Waals surface area contributed by atoms with Crippen LogP contribution < -0.4 is 15.0 Å². The molecule has 106 valence electrons. The van der Waals surface area contributed by atoms with Gasteiger partial charge in [-0.2, -0.15) is 0 Å². The van der Waals surface area contributed by atoms with Crippen molar-refractivity contribution in [2.24, 2.45) is 0 Å². The van der Waals surface area contributed by atoms with Gasteiger partial charge in [0.15, 0.2) is 0 Å². The van der Waals surface area contributed by atoms with E-state index >= 15 is 0 Å². The van der Waals surface area contributed by atoms with Crippen molar-refractivity contribution in [3.63, 3.8) is 0 Å². The molecular formula is C12H13N3O4S. The van der Waals surface area contributed by atoms with E-state index in [9.17, 15) is 13.2 Å². The number of rotatable bonds is 5. The van der Waals surface area contributed by atoms with Crippen LogP contribution in [0.15, 0.2) is 46.3 Å². The quantitative estimate of drug-likeness (QED) is 0.856. The SMILES string of the molecule is CCOc1ccc(NS(=O)(=O)c2ccc(=O)[nH]c2)cn1. The largest absolute Gasteiger partial charge is 0.478 e. The molecule has 0 aliphatic carbocycles. The molecule has 0 radical (unpaired) electrons. The zero-order valence-corrected chi connectivity index (χ0v) is 11.5. The topological polar surface area (TPSA) is 101 Å². The molecular weight excluding hydrogens is 282 g/mol.